The van der Waals surface area contributed by atoms with Crippen molar-refractivity contribution in [3.8, 4) is 11.3 Å². The molecular formula is C28H26Cl2N2O5. The molecule has 0 spiro atoms. The van der Waals surface area contributed by atoms with Gasteiger partial charge in [-0.3, -0.25) is 9.69 Å². The van der Waals surface area contributed by atoms with Gasteiger partial charge in [0.15, 0.2) is 0 Å². The van der Waals surface area contributed by atoms with E-state index in [9.17, 15) is 14.7 Å². The van der Waals surface area contributed by atoms with Crippen LogP contribution in [0, 0.1) is 5.92 Å². The smallest absolute Gasteiger partial charge is 0.335 e. The number of aromatic nitrogens is 1. The first-order valence-corrected chi connectivity index (χ1v) is 13.4. The lowest BCUT2D eigenvalue weighted by Crippen LogP contribution is -2.49. The zero-order chi connectivity index (χ0) is 25.9. The van der Waals surface area contributed by atoms with E-state index in [1.807, 2.05) is 6.92 Å². The highest BCUT2D eigenvalue weighted by atomic mass is 35.5. The summed E-state index contributed by atoms with van der Waals surface area (Å²) < 4.78 is 12.5. The molecule has 2 heterocycles. The Kier molecular flexibility index (Phi) is 6.05. The third-order valence-electron chi connectivity index (χ3n) is 7.84. The van der Waals surface area contributed by atoms with Gasteiger partial charge in [0.05, 0.1) is 22.2 Å². The van der Waals surface area contributed by atoms with Gasteiger partial charge in [0, 0.05) is 35.1 Å². The molecule has 9 heteroatoms. The van der Waals surface area contributed by atoms with E-state index in [0.717, 1.165) is 30.6 Å². The Balaban J connectivity index is 1.36. The van der Waals surface area contributed by atoms with Gasteiger partial charge in [0.2, 0.25) is 5.91 Å². The lowest BCUT2D eigenvalue weighted by Gasteiger charge is -2.39. The molecule has 1 aliphatic heterocycles. The van der Waals surface area contributed by atoms with E-state index < -0.39 is 11.7 Å². The van der Waals surface area contributed by atoms with Gasteiger partial charge in [-0.25, -0.2) is 4.79 Å². The predicted octanol–water partition coefficient (Wildman–Crippen LogP) is 6.85. The van der Waals surface area contributed by atoms with Crippen LogP contribution in [0.15, 0.2) is 40.9 Å². The monoisotopic (exact) mass is 540 g/mol. The van der Waals surface area contributed by atoms with Crippen LogP contribution in [0.2, 0.25) is 10.0 Å². The third-order valence-corrected chi connectivity index (χ3v) is 8.47. The molecule has 2 aliphatic carbocycles. The molecule has 3 aliphatic rings. The second kappa shape index (κ2) is 9.15. The Labute approximate surface area is 224 Å². The first-order chi connectivity index (χ1) is 17.8. The maximum absolute atomic E-state index is 13.4. The van der Waals surface area contributed by atoms with Crippen LogP contribution < -0.4 is 4.90 Å². The number of halogens is 2. The number of aryl methyl sites for hydroxylation is 1. The minimum Gasteiger partial charge on any atom is -0.478 e. The Morgan fingerprint density at radius 3 is 2.62 bits per heavy atom. The second-order valence-electron chi connectivity index (χ2n) is 10.1. The fourth-order valence-electron chi connectivity index (χ4n) is 5.82. The molecule has 1 aromatic heterocycles. The number of hydrogen-bond acceptors (Lipinski definition) is 5. The van der Waals surface area contributed by atoms with Crippen molar-refractivity contribution in [3.05, 3.63) is 68.9 Å². The van der Waals surface area contributed by atoms with Gasteiger partial charge in [0.25, 0.3) is 0 Å². The second-order valence-corrected chi connectivity index (χ2v) is 10.9. The van der Waals surface area contributed by atoms with Crippen LogP contribution in [0.4, 0.5) is 5.69 Å². The summed E-state index contributed by atoms with van der Waals surface area (Å²) in [5.74, 6) is -0.0150. The molecule has 2 saturated carbocycles. The number of aromatic carboxylic acids is 1. The van der Waals surface area contributed by atoms with Gasteiger partial charge in [-0.2, -0.15) is 0 Å². The van der Waals surface area contributed by atoms with E-state index in [1.54, 1.807) is 41.3 Å². The third kappa shape index (κ3) is 4.04. The minimum atomic E-state index is -0.977. The molecule has 7 nitrogen and oxygen atoms in total. The van der Waals surface area contributed by atoms with Crippen LogP contribution in [0.5, 0.6) is 0 Å². The number of ether oxygens (including phenoxy) is 1. The highest BCUT2D eigenvalue weighted by molar-refractivity contribution is 6.39. The zero-order valence-corrected chi connectivity index (χ0v) is 21.8. The van der Waals surface area contributed by atoms with Gasteiger partial charge >= 0.3 is 5.97 Å². The number of benzene rings is 2. The first-order valence-electron chi connectivity index (χ1n) is 12.6. The van der Waals surface area contributed by atoms with E-state index in [-0.39, 0.29) is 29.9 Å². The summed E-state index contributed by atoms with van der Waals surface area (Å²) in [5.41, 5.74) is 2.76. The van der Waals surface area contributed by atoms with Crippen molar-refractivity contribution < 1.29 is 24.0 Å². The Bertz CT molecular complexity index is 1400. The summed E-state index contributed by atoms with van der Waals surface area (Å²) in [7, 11) is 0. The molecule has 1 amide bonds. The lowest BCUT2D eigenvalue weighted by atomic mass is 10.0. The normalized spacial score (nSPS) is 22.7. The molecule has 2 aromatic carbocycles. The minimum absolute atomic E-state index is 0.0125. The molecule has 0 unspecified atom stereocenters. The summed E-state index contributed by atoms with van der Waals surface area (Å²) in [6.45, 7) is 2.10. The number of carboxylic acid groups (broad SMARTS) is 1. The molecule has 1 saturated heterocycles. The summed E-state index contributed by atoms with van der Waals surface area (Å²) in [4.78, 5) is 26.8. The van der Waals surface area contributed by atoms with Crippen molar-refractivity contribution in [2.45, 2.75) is 63.7 Å². The van der Waals surface area contributed by atoms with Crippen LogP contribution in [0.1, 0.15) is 72.2 Å². The van der Waals surface area contributed by atoms with Crippen molar-refractivity contribution in [3.63, 3.8) is 0 Å². The molecular weight excluding hydrogens is 515 g/mol. The van der Waals surface area contributed by atoms with Crippen molar-refractivity contribution >= 4 is 40.8 Å². The van der Waals surface area contributed by atoms with E-state index >= 15 is 0 Å². The SMILES string of the molecule is CCc1cc(N2C(=O)[C@@H]3CC[C@]2(OCc2c(-c4c(Cl)cccc4Cl)noc2C2CC2)C3)ccc1C(=O)O. The van der Waals surface area contributed by atoms with Crippen molar-refractivity contribution in [2.75, 3.05) is 4.90 Å². The van der Waals surface area contributed by atoms with Crippen molar-refractivity contribution in [1.82, 2.24) is 5.16 Å². The molecule has 6 rings (SSSR count). The van der Waals surface area contributed by atoms with Crippen LogP contribution in [-0.4, -0.2) is 27.9 Å². The molecule has 0 radical (unpaired) electrons. The van der Waals surface area contributed by atoms with Crippen molar-refractivity contribution in [2.24, 2.45) is 5.92 Å². The topological polar surface area (TPSA) is 92.9 Å². The number of carbonyl (C=O) groups is 2. The predicted molar refractivity (Wildman–Crippen MR) is 139 cm³/mol. The van der Waals surface area contributed by atoms with E-state index in [1.165, 1.54) is 0 Å². The molecule has 37 heavy (non-hydrogen) atoms. The number of carboxylic acids is 1. The standard InChI is InChI=1S/C28H26Cl2N2O5/c1-2-15-12-18(8-9-19(15)27(34)35)32-26(33)17-10-11-28(32,13-17)36-14-20-24(31-37-25(20)16-6-7-16)23-21(29)4-3-5-22(23)30/h3-5,8-9,12,16-17H,2,6-7,10-11,13-14H2,1H3,(H,34,35)/t17-,28+/m1/s1. The van der Waals surface area contributed by atoms with E-state index in [4.69, 9.17) is 32.5 Å². The number of rotatable bonds is 8. The Hall–Kier alpha value is -2.87. The largest absolute Gasteiger partial charge is 0.478 e. The number of hydrogen-bond donors (Lipinski definition) is 1. The molecule has 2 bridgehead atoms. The average Bonchev–Trinajstić information content (AvgIpc) is 3.40. The quantitative estimate of drug-likeness (QED) is 0.336. The van der Waals surface area contributed by atoms with Crippen LogP contribution in [-0.2, 0) is 22.6 Å². The van der Waals surface area contributed by atoms with Crippen LogP contribution in [0.25, 0.3) is 11.3 Å². The molecule has 3 fully saturated rings. The summed E-state index contributed by atoms with van der Waals surface area (Å²) in [6, 6.07) is 10.4. The number of piperidine rings is 1. The average molecular weight is 541 g/mol. The number of amides is 1. The van der Waals surface area contributed by atoms with Gasteiger partial charge < -0.3 is 14.4 Å². The van der Waals surface area contributed by atoms with E-state index in [0.29, 0.717) is 51.8 Å². The highest BCUT2D eigenvalue weighted by Crippen LogP contribution is 2.52. The lowest BCUT2D eigenvalue weighted by molar-refractivity contribution is -0.125. The summed E-state index contributed by atoms with van der Waals surface area (Å²) in [6.07, 6.45) is 4.61. The first kappa shape index (κ1) is 24.5. The number of anilines is 1. The maximum atomic E-state index is 13.4. The Morgan fingerprint density at radius 1 is 1.19 bits per heavy atom. The molecule has 1 N–H and O–H groups in total. The van der Waals surface area contributed by atoms with Crippen molar-refractivity contribution in [1.29, 1.82) is 0 Å². The van der Waals surface area contributed by atoms with Crippen LogP contribution >= 0.6 is 23.2 Å². The van der Waals surface area contributed by atoms with Gasteiger partial charge in [-0.05, 0) is 68.0 Å². The number of fused-ring (bicyclic) bond motifs is 2. The van der Waals surface area contributed by atoms with E-state index in [2.05, 4.69) is 5.16 Å². The van der Waals surface area contributed by atoms with Crippen LogP contribution in [0.3, 0.4) is 0 Å². The molecule has 2 atom stereocenters. The molecule has 3 aromatic rings. The van der Waals surface area contributed by atoms with Gasteiger partial charge in [0.1, 0.15) is 17.2 Å². The molecule has 192 valence electrons. The summed E-state index contributed by atoms with van der Waals surface area (Å²) >= 11 is 13.0. The fourth-order valence-corrected chi connectivity index (χ4v) is 6.40. The van der Waals surface area contributed by atoms with Gasteiger partial charge in [-0.15, -0.1) is 0 Å². The Morgan fingerprint density at radius 2 is 1.95 bits per heavy atom. The fraction of sp³-hybridized carbons (Fsp3) is 0.393. The number of nitrogens with zero attached hydrogens (tertiary/aromatic N) is 2. The summed E-state index contributed by atoms with van der Waals surface area (Å²) in [5, 5.41) is 14.9. The zero-order valence-electron chi connectivity index (χ0n) is 20.3. The van der Waals surface area contributed by atoms with Gasteiger partial charge in [-0.1, -0.05) is 41.3 Å². The number of carbonyl (C=O) groups excluding carboxylic acids is 1. The highest BCUT2D eigenvalue weighted by Gasteiger charge is 2.57. The maximum Gasteiger partial charge on any atom is 0.335 e.